The summed E-state index contributed by atoms with van der Waals surface area (Å²) in [7, 11) is 1.65. The van der Waals surface area contributed by atoms with Gasteiger partial charge in [-0.2, -0.15) is 13.2 Å². The van der Waals surface area contributed by atoms with Gasteiger partial charge in [-0.1, -0.05) is 18.2 Å². The first-order valence-corrected chi connectivity index (χ1v) is 5.43. The summed E-state index contributed by atoms with van der Waals surface area (Å²) in [5, 5.41) is 0. The van der Waals surface area contributed by atoms with Gasteiger partial charge in [0.25, 0.3) is 0 Å². The van der Waals surface area contributed by atoms with Crippen molar-refractivity contribution in [1.29, 1.82) is 0 Å². The van der Waals surface area contributed by atoms with Crippen molar-refractivity contribution in [2.75, 3.05) is 18.5 Å². The Bertz CT molecular complexity index is 361. The second-order valence-electron chi connectivity index (χ2n) is 4.13. The Morgan fingerprint density at radius 3 is 2.41 bits per heavy atom. The number of hydrogen-bond donors (Lipinski definition) is 1. The van der Waals surface area contributed by atoms with Gasteiger partial charge in [-0.15, -0.1) is 0 Å². The molecule has 0 amide bonds. The Kier molecular flexibility index (Phi) is 4.40. The van der Waals surface area contributed by atoms with Crippen LogP contribution in [0.5, 0.6) is 0 Å². The number of hydrogen-bond acceptors (Lipinski definition) is 2. The average Bonchev–Trinajstić information content (AvgIpc) is 2.25. The summed E-state index contributed by atoms with van der Waals surface area (Å²) in [5.41, 5.74) is 7.40. The van der Waals surface area contributed by atoms with E-state index in [2.05, 4.69) is 0 Å². The van der Waals surface area contributed by atoms with Gasteiger partial charge in [0.1, 0.15) is 0 Å². The van der Waals surface area contributed by atoms with Crippen LogP contribution in [0.2, 0.25) is 0 Å². The molecule has 2 N–H and O–H groups in total. The van der Waals surface area contributed by atoms with E-state index in [1.165, 1.54) is 0 Å². The number of para-hydroxylation sites is 1. The van der Waals surface area contributed by atoms with E-state index in [-0.39, 0.29) is 12.6 Å². The van der Waals surface area contributed by atoms with Crippen LogP contribution in [0.1, 0.15) is 24.9 Å². The minimum Gasteiger partial charge on any atom is -0.374 e. The molecule has 0 aliphatic rings. The van der Waals surface area contributed by atoms with Crippen molar-refractivity contribution >= 4 is 5.69 Å². The summed E-state index contributed by atoms with van der Waals surface area (Å²) >= 11 is 0. The zero-order chi connectivity index (χ0) is 13.1. The van der Waals surface area contributed by atoms with E-state index < -0.39 is 12.6 Å². The lowest BCUT2D eigenvalue weighted by molar-refractivity contribution is -0.132. The van der Waals surface area contributed by atoms with Crippen LogP contribution in [-0.4, -0.2) is 19.8 Å². The lowest BCUT2D eigenvalue weighted by Gasteiger charge is -2.24. The largest absolute Gasteiger partial charge is 0.390 e. The van der Waals surface area contributed by atoms with Crippen molar-refractivity contribution in [2.45, 2.75) is 25.6 Å². The van der Waals surface area contributed by atoms with Crippen molar-refractivity contribution < 1.29 is 13.2 Å². The summed E-state index contributed by atoms with van der Waals surface area (Å²) in [6.45, 7) is 1.75. The number of alkyl halides is 3. The van der Waals surface area contributed by atoms with Crippen molar-refractivity contribution in [3.63, 3.8) is 0 Å². The fourth-order valence-electron chi connectivity index (χ4n) is 1.64. The first-order valence-electron chi connectivity index (χ1n) is 5.43. The first-order chi connectivity index (χ1) is 7.81. The quantitative estimate of drug-likeness (QED) is 0.884. The standard InChI is InChI=1S/C12H17F3N2/c1-9(16)10-5-3-4-6-11(10)17(2)8-7-12(13,14)15/h3-6,9H,7-8,16H2,1-2H3. The molecule has 96 valence electrons. The van der Waals surface area contributed by atoms with Crippen molar-refractivity contribution in [3.8, 4) is 0 Å². The number of halogens is 3. The minimum absolute atomic E-state index is 0.0623. The van der Waals surface area contributed by atoms with E-state index in [1.54, 1.807) is 24.1 Å². The zero-order valence-corrected chi connectivity index (χ0v) is 9.96. The maximum absolute atomic E-state index is 12.1. The maximum Gasteiger partial charge on any atom is 0.390 e. The van der Waals surface area contributed by atoms with Crippen molar-refractivity contribution in [2.24, 2.45) is 5.73 Å². The predicted molar refractivity (Wildman–Crippen MR) is 63.0 cm³/mol. The van der Waals surface area contributed by atoms with E-state index in [4.69, 9.17) is 5.73 Å². The van der Waals surface area contributed by atoms with Gasteiger partial charge in [-0.3, -0.25) is 0 Å². The minimum atomic E-state index is -4.13. The van der Waals surface area contributed by atoms with E-state index in [9.17, 15) is 13.2 Å². The topological polar surface area (TPSA) is 29.3 Å². The molecule has 0 bridgehead atoms. The SMILES string of the molecule is CC(N)c1ccccc1N(C)CCC(F)(F)F. The van der Waals surface area contributed by atoms with E-state index >= 15 is 0 Å². The van der Waals surface area contributed by atoms with Crippen LogP contribution < -0.4 is 10.6 Å². The average molecular weight is 246 g/mol. The Morgan fingerprint density at radius 2 is 1.88 bits per heavy atom. The van der Waals surface area contributed by atoms with Crippen molar-refractivity contribution in [3.05, 3.63) is 29.8 Å². The molecule has 1 aromatic rings. The zero-order valence-electron chi connectivity index (χ0n) is 9.96. The third-order valence-electron chi connectivity index (χ3n) is 2.57. The number of anilines is 1. The highest BCUT2D eigenvalue weighted by atomic mass is 19.4. The van der Waals surface area contributed by atoms with Gasteiger partial charge in [0.2, 0.25) is 0 Å². The normalized spacial score (nSPS) is 13.5. The molecular weight excluding hydrogens is 229 g/mol. The highest BCUT2D eigenvalue weighted by Crippen LogP contribution is 2.26. The summed E-state index contributed by atoms with van der Waals surface area (Å²) in [4.78, 5) is 1.59. The highest BCUT2D eigenvalue weighted by molar-refractivity contribution is 5.54. The predicted octanol–water partition coefficient (Wildman–Crippen LogP) is 3.09. The molecule has 17 heavy (non-hydrogen) atoms. The van der Waals surface area contributed by atoms with E-state index in [0.29, 0.717) is 0 Å². The number of nitrogens with zero attached hydrogens (tertiary/aromatic N) is 1. The first kappa shape index (κ1) is 13.8. The Balaban J connectivity index is 2.78. The Morgan fingerprint density at radius 1 is 1.29 bits per heavy atom. The molecular formula is C12H17F3N2. The second kappa shape index (κ2) is 5.40. The summed E-state index contributed by atoms with van der Waals surface area (Å²) in [6, 6.07) is 7.06. The monoisotopic (exact) mass is 246 g/mol. The molecule has 1 rings (SSSR count). The van der Waals surface area contributed by atoms with Crippen LogP contribution in [0.4, 0.5) is 18.9 Å². The van der Waals surface area contributed by atoms with Gasteiger partial charge in [-0.05, 0) is 18.6 Å². The third-order valence-corrected chi connectivity index (χ3v) is 2.57. The van der Waals surface area contributed by atoms with Crippen LogP contribution in [0.25, 0.3) is 0 Å². The van der Waals surface area contributed by atoms with Crippen LogP contribution in [0.15, 0.2) is 24.3 Å². The highest BCUT2D eigenvalue weighted by Gasteiger charge is 2.27. The molecule has 1 unspecified atom stereocenters. The molecule has 0 saturated heterocycles. The Hall–Kier alpha value is -1.23. The van der Waals surface area contributed by atoms with E-state index in [1.807, 2.05) is 19.1 Å². The summed E-state index contributed by atoms with van der Waals surface area (Å²) < 4.78 is 36.4. The fraction of sp³-hybridized carbons (Fsp3) is 0.500. The number of benzene rings is 1. The fourth-order valence-corrected chi connectivity index (χ4v) is 1.64. The lowest BCUT2D eigenvalue weighted by atomic mass is 10.1. The molecule has 0 heterocycles. The van der Waals surface area contributed by atoms with E-state index in [0.717, 1.165) is 11.3 Å². The van der Waals surface area contributed by atoms with Gasteiger partial charge < -0.3 is 10.6 Å². The summed E-state index contributed by atoms with van der Waals surface area (Å²) in [6.07, 6.45) is -4.95. The van der Waals surface area contributed by atoms with Crippen LogP contribution in [-0.2, 0) is 0 Å². The maximum atomic E-state index is 12.1. The molecule has 2 nitrogen and oxygen atoms in total. The third kappa shape index (κ3) is 4.26. The van der Waals surface area contributed by atoms with Crippen LogP contribution in [0.3, 0.4) is 0 Å². The van der Waals surface area contributed by atoms with Gasteiger partial charge in [-0.25, -0.2) is 0 Å². The summed E-state index contributed by atoms with van der Waals surface area (Å²) in [5.74, 6) is 0. The number of rotatable bonds is 4. The number of nitrogens with two attached hydrogens (primary N) is 1. The molecule has 1 atom stereocenters. The van der Waals surface area contributed by atoms with Gasteiger partial charge in [0.15, 0.2) is 0 Å². The van der Waals surface area contributed by atoms with Gasteiger partial charge in [0.05, 0.1) is 6.42 Å². The molecule has 0 spiro atoms. The van der Waals surface area contributed by atoms with Crippen LogP contribution >= 0.6 is 0 Å². The molecule has 0 aliphatic heterocycles. The molecule has 0 radical (unpaired) electrons. The van der Waals surface area contributed by atoms with Crippen molar-refractivity contribution in [1.82, 2.24) is 0 Å². The van der Waals surface area contributed by atoms with Gasteiger partial charge in [0, 0.05) is 25.3 Å². The molecule has 0 saturated carbocycles. The van der Waals surface area contributed by atoms with Crippen LogP contribution in [0, 0.1) is 0 Å². The molecule has 5 heteroatoms. The second-order valence-corrected chi connectivity index (χ2v) is 4.13. The Labute approximate surface area is 99.2 Å². The smallest absolute Gasteiger partial charge is 0.374 e. The molecule has 1 aromatic carbocycles. The molecule has 0 fully saturated rings. The lowest BCUT2D eigenvalue weighted by Crippen LogP contribution is -2.25. The molecule has 0 aliphatic carbocycles. The van der Waals surface area contributed by atoms with Gasteiger partial charge >= 0.3 is 6.18 Å². The molecule has 0 aromatic heterocycles.